The highest BCUT2D eigenvalue weighted by atomic mass is 19.3. The van der Waals surface area contributed by atoms with Crippen molar-refractivity contribution in [1.82, 2.24) is 4.98 Å². The second kappa shape index (κ2) is 7.33. The van der Waals surface area contributed by atoms with Crippen LogP contribution in [0.5, 0.6) is 0 Å². The fourth-order valence-electron chi connectivity index (χ4n) is 2.94. The molecule has 3 N–H and O–H groups in total. The van der Waals surface area contributed by atoms with Crippen LogP contribution >= 0.6 is 0 Å². The molecule has 28 heavy (non-hydrogen) atoms. The lowest BCUT2D eigenvalue weighted by Crippen LogP contribution is -2.50. The fraction of sp³-hybridized carbons (Fsp3) is 0.190. The molecule has 3 rings (SSSR count). The van der Waals surface area contributed by atoms with Gasteiger partial charge in [0.25, 0.3) is 0 Å². The van der Waals surface area contributed by atoms with E-state index in [1.807, 2.05) is 31.2 Å². The first-order chi connectivity index (χ1) is 13.2. The van der Waals surface area contributed by atoms with E-state index in [1.54, 1.807) is 0 Å². The lowest BCUT2D eigenvalue weighted by Gasteiger charge is -2.35. The molecular formula is C21H18F4N2O. The van der Waals surface area contributed by atoms with Crippen LogP contribution in [0.3, 0.4) is 0 Å². The zero-order valence-corrected chi connectivity index (χ0v) is 15.0. The highest BCUT2D eigenvalue weighted by molar-refractivity contribution is 5.62. The third-order valence-corrected chi connectivity index (χ3v) is 4.66. The zero-order chi connectivity index (χ0) is 20.5. The molecule has 3 nitrogen and oxygen atoms in total. The Labute approximate surface area is 159 Å². The molecule has 1 aromatic heterocycles. The van der Waals surface area contributed by atoms with Crippen molar-refractivity contribution in [3.63, 3.8) is 0 Å². The molecule has 0 saturated heterocycles. The molecule has 0 aliphatic carbocycles. The second-order valence-corrected chi connectivity index (χ2v) is 6.56. The van der Waals surface area contributed by atoms with Crippen molar-refractivity contribution < 1.29 is 22.7 Å². The maximum atomic E-state index is 15.1. The Bertz CT molecular complexity index is 975. The molecule has 146 valence electrons. The van der Waals surface area contributed by atoms with Crippen molar-refractivity contribution in [1.29, 1.82) is 0 Å². The molecule has 1 heterocycles. The second-order valence-electron chi connectivity index (χ2n) is 6.56. The minimum absolute atomic E-state index is 0.417. The lowest BCUT2D eigenvalue weighted by atomic mass is 9.84. The van der Waals surface area contributed by atoms with E-state index in [-0.39, 0.29) is 0 Å². The van der Waals surface area contributed by atoms with E-state index in [0.29, 0.717) is 11.6 Å². The molecule has 1 atom stereocenters. The number of hydrogen-bond acceptors (Lipinski definition) is 3. The number of halogens is 4. The monoisotopic (exact) mass is 390 g/mol. The Morgan fingerprint density at radius 3 is 2.14 bits per heavy atom. The van der Waals surface area contributed by atoms with Crippen molar-refractivity contribution in [3.8, 4) is 11.1 Å². The maximum absolute atomic E-state index is 15.1. The summed E-state index contributed by atoms with van der Waals surface area (Å²) < 4.78 is 57.4. The van der Waals surface area contributed by atoms with Gasteiger partial charge in [0.05, 0.1) is 0 Å². The number of aliphatic hydroxyl groups is 1. The first-order valence-electron chi connectivity index (χ1n) is 8.48. The lowest BCUT2D eigenvalue weighted by molar-refractivity contribution is -0.193. The summed E-state index contributed by atoms with van der Waals surface area (Å²) in [6.45, 7) is 0.928. The average molecular weight is 390 g/mol. The normalized spacial score (nSPS) is 14.0. The van der Waals surface area contributed by atoms with Crippen LogP contribution in [-0.4, -0.2) is 16.6 Å². The fourth-order valence-corrected chi connectivity index (χ4v) is 2.94. The minimum Gasteiger partial charge on any atom is -0.377 e. The summed E-state index contributed by atoms with van der Waals surface area (Å²) in [5, 5.41) is 10.6. The topological polar surface area (TPSA) is 59.1 Å². The van der Waals surface area contributed by atoms with Gasteiger partial charge in [-0.3, -0.25) is 4.98 Å². The van der Waals surface area contributed by atoms with Crippen LogP contribution in [0.25, 0.3) is 11.1 Å². The van der Waals surface area contributed by atoms with E-state index in [9.17, 15) is 13.9 Å². The Hall–Kier alpha value is -2.77. The van der Waals surface area contributed by atoms with Gasteiger partial charge in [-0.2, -0.15) is 8.78 Å². The molecule has 0 fully saturated rings. The number of alkyl halides is 2. The molecular weight excluding hydrogens is 372 g/mol. The largest absolute Gasteiger partial charge is 0.377 e. The third kappa shape index (κ3) is 3.39. The number of nitrogens with two attached hydrogens (primary N) is 1. The van der Waals surface area contributed by atoms with Crippen LogP contribution in [0.2, 0.25) is 0 Å². The van der Waals surface area contributed by atoms with E-state index >= 15 is 8.78 Å². The summed E-state index contributed by atoms with van der Waals surface area (Å²) >= 11 is 0. The number of nitrogens with zero attached hydrogens (tertiary/aromatic N) is 1. The zero-order valence-electron chi connectivity index (χ0n) is 15.0. The molecule has 2 aromatic carbocycles. The molecule has 3 aromatic rings. The van der Waals surface area contributed by atoms with Crippen molar-refractivity contribution in [2.24, 2.45) is 5.73 Å². The predicted molar refractivity (Wildman–Crippen MR) is 97.6 cm³/mol. The Morgan fingerprint density at radius 2 is 1.61 bits per heavy atom. The molecule has 0 radical (unpaired) electrons. The smallest absolute Gasteiger partial charge is 0.323 e. The summed E-state index contributed by atoms with van der Waals surface area (Å²) in [7, 11) is 0. The predicted octanol–water partition coefficient (Wildman–Crippen LogP) is 4.27. The van der Waals surface area contributed by atoms with Gasteiger partial charge in [-0.15, -0.1) is 0 Å². The van der Waals surface area contributed by atoms with Gasteiger partial charge in [0.1, 0.15) is 17.3 Å². The van der Waals surface area contributed by atoms with Crippen LogP contribution in [0.15, 0.2) is 60.8 Å². The number of hydrogen-bond donors (Lipinski definition) is 2. The summed E-state index contributed by atoms with van der Waals surface area (Å²) in [5.74, 6) is -6.29. The van der Waals surface area contributed by atoms with Crippen LogP contribution in [-0.2, 0) is 11.5 Å². The Kier molecular flexibility index (Phi) is 5.23. The highest BCUT2D eigenvalue weighted by Crippen LogP contribution is 2.45. The molecule has 0 bridgehead atoms. The summed E-state index contributed by atoms with van der Waals surface area (Å²) in [4.78, 5) is 3.77. The number of aromatic nitrogens is 1. The van der Waals surface area contributed by atoms with Gasteiger partial charge in [0, 0.05) is 29.9 Å². The van der Waals surface area contributed by atoms with Crippen LogP contribution in [0.1, 0.15) is 16.8 Å². The Morgan fingerprint density at radius 1 is 0.964 bits per heavy atom. The van der Waals surface area contributed by atoms with E-state index < -0.39 is 41.0 Å². The molecule has 0 amide bonds. The van der Waals surface area contributed by atoms with E-state index in [4.69, 9.17) is 5.73 Å². The standard InChI is InChI=1S/C21H18F4N2O/c1-13-2-4-14(5-3-13)15-6-9-19(27-11-15)21(24,25)20(28,12-26)17-8-7-16(22)10-18(17)23/h2-11,28H,12,26H2,1H3/t20-/m0/s1. The minimum atomic E-state index is -4.02. The molecule has 0 aliphatic rings. The number of rotatable bonds is 5. The van der Waals surface area contributed by atoms with Crippen molar-refractivity contribution in [2.75, 3.05) is 6.54 Å². The van der Waals surface area contributed by atoms with Crippen LogP contribution in [0.4, 0.5) is 17.6 Å². The Balaban J connectivity index is 2.01. The third-order valence-electron chi connectivity index (χ3n) is 4.66. The molecule has 0 saturated carbocycles. The van der Waals surface area contributed by atoms with Gasteiger partial charge < -0.3 is 10.8 Å². The van der Waals surface area contributed by atoms with Gasteiger partial charge in [-0.25, -0.2) is 8.78 Å². The summed E-state index contributed by atoms with van der Waals surface area (Å²) in [5.41, 5.74) is 3.15. The van der Waals surface area contributed by atoms with Crippen LogP contribution in [0, 0.1) is 18.6 Å². The van der Waals surface area contributed by atoms with Crippen molar-refractivity contribution >= 4 is 0 Å². The van der Waals surface area contributed by atoms with E-state index in [1.165, 1.54) is 12.3 Å². The molecule has 0 spiro atoms. The van der Waals surface area contributed by atoms with Gasteiger partial charge >= 0.3 is 5.92 Å². The van der Waals surface area contributed by atoms with Crippen LogP contribution < -0.4 is 5.73 Å². The maximum Gasteiger partial charge on any atom is 0.323 e. The first-order valence-corrected chi connectivity index (χ1v) is 8.48. The van der Waals surface area contributed by atoms with E-state index in [2.05, 4.69) is 4.98 Å². The SMILES string of the molecule is Cc1ccc(-c2ccc(C(F)(F)[C@](O)(CN)c3ccc(F)cc3F)nc2)cc1. The summed E-state index contributed by atoms with van der Waals surface area (Å²) in [6, 6.07) is 11.8. The molecule has 7 heteroatoms. The highest BCUT2D eigenvalue weighted by Gasteiger charge is 2.56. The first kappa shape index (κ1) is 20.0. The quantitative estimate of drug-likeness (QED) is 0.640. The number of aryl methyl sites for hydroxylation is 1. The van der Waals surface area contributed by atoms with Gasteiger partial charge in [-0.1, -0.05) is 42.0 Å². The van der Waals surface area contributed by atoms with Gasteiger partial charge in [0.15, 0.2) is 5.60 Å². The van der Waals surface area contributed by atoms with Crippen molar-refractivity contribution in [3.05, 3.63) is 89.2 Å². The number of benzene rings is 2. The molecule has 0 unspecified atom stereocenters. The van der Waals surface area contributed by atoms with E-state index in [0.717, 1.165) is 29.3 Å². The number of pyridine rings is 1. The van der Waals surface area contributed by atoms with Gasteiger partial charge in [0.2, 0.25) is 0 Å². The summed E-state index contributed by atoms with van der Waals surface area (Å²) in [6.07, 6.45) is 1.24. The average Bonchev–Trinajstić information content (AvgIpc) is 2.68. The van der Waals surface area contributed by atoms with Crippen molar-refractivity contribution in [2.45, 2.75) is 18.4 Å². The van der Waals surface area contributed by atoms with Gasteiger partial charge in [-0.05, 0) is 24.6 Å². The molecule has 0 aliphatic heterocycles.